The van der Waals surface area contributed by atoms with E-state index in [1.807, 2.05) is 24.3 Å². The summed E-state index contributed by atoms with van der Waals surface area (Å²) in [5.74, 6) is 1.56. The molecule has 2 atom stereocenters. The number of nitrogens with one attached hydrogen (secondary N) is 1. The van der Waals surface area contributed by atoms with Gasteiger partial charge >= 0.3 is 5.97 Å². The number of H-pyrrole nitrogens is 1. The summed E-state index contributed by atoms with van der Waals surface area (Å²) in [4.78, 5) is 44.9. The van der Waals surface area contributed by atoms with Crippen LogP contribution in [0.4, 0.5) is 0 Å². The number of hydrogen-bond acceptors (Lipinski definition) is 4. The second kappa shape index (κ2) is 7.71. The largest absolute Gasteiger partial charge is 0.453 e. The summed E-state index contributed by atoms with van der Waals surface area (Å²) in [7, 11) is 0. The number of rotatable bonds is 5. The van der Waals surface area contributed by atoms with Crippen molar-refractivity contribution in [3.63, 3.8) is 0 Å². The van der Waals surface area contributed by atoms with E-state index >= 15 is 0 Å². The number of likely N-dealkylation sites (tertiary alicyclic amines) is 1. The highest BCUT2D eigenvalue weighted by atomic mass is 16.5. The molecule has 4 saturated carbocycles. The first kappa shape index (κ1) is 20.9. The zero-order valence-corrected chi connectivity index (χ0v) is 19.2. The number of fused-ring (bicyclic) bond motifs is 1. The number of aromatic amines is 1. The topological polar surface area (TPSA) is 79.5 Å². The van der Waals surface area contributed by atoms with Crippen molar-refractivity contribution in [3.8, 4) is 0 Å². The van der Waals surface area contributed by atoms with E-state index < -0.39 is 18.1 Å². The fraction of sp³-hybridized carbons (Fsp3) is 0.593. The Morgan fingerprint density at radius 3 is 2.42 bits per heavy atom. The fourth-order valence-electron chi connectivity index (χ4n) is 7.73. The molecule has 1 N–H and O–H groups in total. The number of carbonyl (C=O) groups is 3. The first-order valence-corrected chi connectivity index (χ1v) is 12.6. The molecule has 2 unspecified atom stereocenters. The van der Waals surface area contributed by atoms with Gasteiger partial charge in [-0.15, -0.1) is 0 Å². The van der Waals surface area contributed by atoms with E-state index in [9.17, 15) is 14.4 Å². The first-order chi connectivity index (χ1) is 15.9. The van der Waals surface area contributed by atoms with Crippen LogP contribution in [0, 0.1) is 23.2 Å². The number of amides is 1. The molecule has 7 rings (SSSR count). The number of esters is 1. The third kappa shape index (κ3) is 3.41. The molecule has 0 spiro atoms. The molecule has 4 aliphatic carbocycles. The lowest BCUT2D eigenvalue weighted by atomic mass is 9.49. The maximum atomic E-state index is 13.8. The quantitative estimate of drug-likeness (QED) is 0.540. The summed E-state index contributed by atoms with van der Waals surface area (Å²) in [6, 6.07) is 7.03. The SMILES string of the molecule is CC(OC(=O)C1CCCN1C(=O)C12CC3CC(CC(C3)C1)C2)C(=O)c1c[nH]c2ccccc12. The van der Waals surface area contributed by atoms with Crippen LogP contribution in [-0.4, -0.2) is 46.2 Å². The van der Waals surface area contributed by atoms with Gasteiger partial charge in [0.1, 0.15) is 6.04 Å². The lowest BCUT2D eigenvalue weighted by Crippen LogP contribution is -2.56. The maximum Gasteiger partial charge on any atom is 0.329 e. The van der Waals surface area contributed by atoms with E-state index in [1.165, 1.54) is 19.3 Å². The van der Waals surface area contributed by atoms with Crippen molar-refractivity contribution in [1.82, 2.24) is 9.88 Å². The molecule has 1 aromatic heterocycles. The lowest BCUT2D eigenvalue weighted by molar-refractivity contribution is -0.166. The van der Waals surface area contributed by atoms with Crippen LogP contribution >= 0.6 is 0 Å². The van der Waals surface area contributed by atoms with Gasteiger partial charge in [-0.3, -0.25) is 9.59 Å². The summed E-state index contributed by atoms with van der Waals surface area (Å²) in [6.07, 6.45) is 9.03. The Hall–Kier alpha value is -2.63. The lowest BCUT2D eigenvalue weighted by Gasteiger charge is -2.56. The van der Waals surface area contributed by atoms with Crippen LogP contribution in [0.5, 0.6) is 0 Å². The van der Waals surface area contributed by atoms with E-state index in [4.69, 9.17) is 4.74 Å². The van der Waals surface area contributed by atoms with Gasteiger partial charge in [-0.05, 0) is 82.1 Å². The van der Waals surface area contributed by atoms with Crippen molar-refractivity contribution < 1.29 is 19.1 Å². The molecule has 1 aromatic carbocycles. The Balaban J connectivity index is 1.16. The molecular weight excluding hydrogens is 416 g/mol. The molecule has 174 valence electrons. The van der Waals surface area contributed by atoms with Gasteiger partial charge in [0.05, 0.1) is 5.41 Å². The Labute approximate surface area is 194 Å². The number of Topliss-reactive ketones (excluding diaryl/α,β-unsaturated/α-hetero) is 1. The molecule has 4 bridgehead atoms. The molecule has 5 aliphatic rings. The number of aromatic nitrogens is 1. The second-order valence-electron chi connectivity index (χ2n) is 11.0. The molecule has 5 fully saturated rings. The standard InChI is InChI=1S/C27H32N2O4/c1-16(24(30)21-15-28-22-6-3-2-5-20(21)22)33-25(31)23-7-4-8-29(23)26(32)27-12-17-9-18(13-27)11-19(10-17)14-27/h2-3,5-6,15-19,23,28H,4,7-14H2,1H3. The van der Waals surface area contributed by atoms with E-state index in [0.717, 1.165) is 36.6 Å². The Kier molecular flexibility index (Phi) is 4.89. The van der Waals surface area contributed by atoms with Crippen LogP contribution in [0.2, 0.25) is 0 Å². The molecule has 1 saturated heterocycles. The maximum absolute atomic E-state index is 13.8. The van der Waals surface area contributed by atoms with Crippen LogP contribution in [0.15, 0.2) is 30.5 Å². The molecule has 6 heteroatoms. The van der Waals surface area contributed by atoms with E-state index in [1.54, 1.807) is 18.0 Å². The Bertz CT molecular complexity index is 1080. The first-order valence-electron chi connectivity index (χ1n) is 12.6. The summed E-state index contributed by atoms with van der Waals surface area (Å²) < 4.78 is 5.67. The number of carbonyl (C=O) groups excluding carboxylic acids is 3. The Morgan fingerprint density at radius 1 is 1.06 bits per heavy atom. The van der Waals surface area contributed by atoms with Crippen LogP contribution in [0.1, 0.15) is 68.6 Å². The minimum atomic E-state index is -0.895. The van der Waals surface area contributed by atoms with Gasteiger partial charge in [0.25, 0.3) is 0 Å². The van der Waals surface area contributed by atoms with Gasteiger partial charge in [-0.2, -0.15) is 0 Å². The number of benzene rings is 1. The van der Waals surface area contributed by atoms with Crippen molar-refractivity contribution in [2.24, 2.45) is 23.2 Å². The van der Waals surface area contributed by atoms with Gasteiger partial charge in [0.15, 0.2) is 6.10 Å². The fourth-order valence-corrected chi connectivity index (χ4v) is 7.73. The normalized spacial score (nSPS) is 33.4. The van der Waals surface area contributed by atoms with Crippen LogP contribution < -0.4 is 0 Å². The van der Waals surface area contributed by atoms with E-state index in [2.05, 4.69) is 4.98 Å². The molecular formula is C27H32N2O4. The minimum absolute atomic E-state index is 0.177. The smallest absolute Gasteiger partial charge is 0.329 e. The highest BCUT2D eigenvalue weighted by Gasteiger charge is 2.57. The average molecular weight is 449 g/mol. The number of hydrogen-bond donors (Lipinski definition) is 1. The summed E-state index contributed by atoms with van der Waals surface area (Å²) in [6.45, 7) is 2.24. The van der Waals surface area contributed by atoms with Gasteiger partial charge in [0.2, 0.25) is 11.7 Å². The molecule has 0 radical (unpaired) electrons. The third-order valence-electron chi connectivity index (χ3n) is 8.79. The average Bonchev–Trinajstić information content (AvgIpc) is 3.44. The molecule has 2 aromatic rings. The highest BCUT2D eigenvalue weighted by Crippen LogP contribution is 2.60. The van der Waals surface area contributed by atoms with Gasteiger partial charge in [0, 0.05) is 29.2 Å². The minimum Gasteiger partial charge on any atom is -0.453 e. The van der Waals surface area contributed by atoms with Crippen LogP contribution in [0.3, 0.4) is 0 Å². The van der Waals surface area contributed by atoms with Crippen LogP contribution in [0.25, 0.3) is 10.9 Å². The molecule has 33 heavy (non-hydrogen) atoms. The predicted octanol–water partition coefficient (Wildman–Crippen LogP) is 4.49. The van der Waals surface area contributed by atoms with Crippen molar-refractivity contribution in [2.75, 3.05) is 6.54 Å². The number of nitrogens with zero attached hydrogens (tertiary/aromatic N) is 1. The molecule has 6 nitrogen and oxygen atoms in total. The third-order valence-corrected chi connectivity index (χ3v) is 8.79. The van der Waals surface area contributed by atoms with E-state index in [-0.39, 0.29) is 17.1 Å². The van der Waals surface area contributed by atoms with E-state index in [0.29, 0.717) is 36.3 Å². The summed E-state index contributed by atoms with van der Waals surface area (Å²) in [5, 5.41) is 0.824. The summed E-state index contributed by atoms with van der Waals surface area (Å²) >= 11 is 0. The number of para-hydroxylation sites is 1. The van der Waals surface area contributed by atoms with Gasteiger partial charge < -0.3 is 14.6 Å². The number of ether oxygens (including phenoxy) is 1. The zero-order chi connectivity index (χ0) is 22.7. The van der Waals surface area contributed by atoms with Gasteiger partial charge in [-0.25, -0.2) is 4.79 Å². The zero-order valence-electron chi connectivity index (χ0n) is 19.2. The molecule has 1 amide bonds. The van der Waals surface area contributed by atoms with Crippen molar-refractivity contribution in [2.45, 2.75) is 70.4 Å². The predicted molar refractivity (Wildman–Crippen MR) is 124 cm³/mol. The highest BCUT2D eigenvalue weighted by molar-refractivity contribution is 6.10. The van der Waals surface area contributed by atoms with Crippen molar-refractivity contribution in [1.29, 1.82) is 0 Å². The second-order valence-corrected chi connectivity index (χ2v) is 11.0. The Morgan fingerprint density at radius 2 is 1.73 bits per heavy atom. The molecule has 1 aliphatic heterocycles. The van der Waals surface area contributed by atoms with Crippen molar-refractivity contribution in [3.05, 3.63) is 36.0 Å². The summed E-state index contributed by atoms with van der Waals surface area (Å²) in [5.41, 5.74) is 1.14. The van der Waals surface area contributed by atoms with Crippen molar-refractivity contribution >= 4 is 28.6 Å². The molecule has 2 heterocycles. The number of ketones is 1. The monoisotopic (exact) mass is 448 g/mol. The van der Waals surface area contributed by atoms with Gasteiger partial charge in [-0.1, -0.05) is 18.2 Å². The van der Waals surface area contributed by atoms with Crippen LogP contribution in [-0.2, 0) is 14.3 Å².